The third kappa shape index (κ3) is 4.38. The second-order valence-electron chi connectivity index (χ2n) is 6.64. The number of benzene rings is 1. The van der Waals surface area contributed by atoms with E-state index in [-0.39, 0.29) is 5.91 Å². The highest BCUT2D eigenvalue weighted by molar-refractivity contribution is 7.12. The van der Waals surface area contributed by atoms with Crippen molar-refractivity contribution in [3.63, 3.8) is 0 Å². The van der Waals surface area contributed by atoms with E-state index in [9.17, 15) is 4.79 Å². The van der Waals surface area contributed by atoms with Crippen molar-refractivity contribution in [3.05, 3.63) is 51.2 Å². The van der Waals surface area contributed by atoms with Gasteiger partial charge in [0.05, 0.1) is 4.88 Å². The Morgan fingerprint density at radius 2 is 1.71 bits per heavy atom. The number of carbonyl (C=O) groups is 1. The maximum absolute atomic E-state index is 12.6. The van der Waals surface area contributed by atoms with Gasteiger partial charge in [0.1, 0.15) is 12.4 Å². The highest BCUT2D eigenvalue weighted by Gasteiger charge is 2.18. The lowest BCUT2D eigenvalue weighted by Gasteiger charge is -2.19. The number of likely N-dealkylation sites (tertiary alicyclic amines) is 1. The summed E-state index contributed by atoms with van der Waals surface area (Å²) < 4.78 is 5.89. The second-order valence-corrected chi connectivity index (χ2v) is 7.55. The van der Waals surface area contributed by atoms with Crippen LogP contribution in [0.25, 0.3) is 0 Å². The van der Waals surface area contributed by atoms with Gasteiger partial charge in [-0.15, -0.1) is 11.3 Å². The van der Waals surface area contributed by atoms with Crippen molar-refractivity contribution in [2.24, 2.45) is 0 Å². The molecule has 4 heteroatoms. The van der Waals surface area contributed by atoms with Crippen LogP contribution in [0, 0.1) is 13.8 Å². The number of aryl methyl sites for hydroxylation is 2. The van der Waals surface area contributed by atoms with E-state index >= 15 is 0 Å². The Labute approximate surface area is 148 Å². The first-order valence-corrected chi connectivity index (χ1v) is 9.57. The summed E-state index contributed by atoms with van der Waals surface area (Å²) in [7, 11) is 0. The number of ether oxygens (including phenoxy) is 1. The molecule has 1 aliphatic heterocycles. The molecule has 2 aromatic rings. The van der Waals surface area contributed by atoms with Crippen LogP contribution in [0.3, 0.4) is 0 Å². The number of hydrogen-bond acceptors (Lipinski definition) is 3. The molecule has 0 bridgehead atoms. The summed E-state index contributed by atoms with van der Waals surface area (Å²) in [6.45, 7) is 6.44. The third-order valence-corrected chi connectivity index (χ3v) is 5.33. The minimum Gasteiger partial charge on any atom is -0.489 e. The maximum atomic E-state index is 12.6. The van der Waals surface area contributed by atoms with E-state index in [1.165, 1.54) is 35.3 Å². The number of amides is 1. The number of thiophene rings is 1. The van der Waals surface area contributed by atoms with Crippen LogP contribution in [0.2, 0.25) is 0 Å². The Bertz CT molecular complexity index is 679. The average Bonchev–Trinajstić information content (AvgIpc) is 2.85. The zero-order valence-corrected chi connectivity index (χ0v) is 15.3. The number of rotatable bonds is 4. The van der Waals surface area contributed by atoms with Gasteiger partial charge in [0.2, 0.25) is 0 Å². The maximum Gasteiger partial charge on any atom is 0.263 e. The van der Waals surface area contributed by atoms with Crippen molar-refractivity contribution >= 4 is 17.2 Å². The van der Waals surface area contributed by atoms with Gasteiger partial charge in [0, 0.05) is 18.7 Å². The predicted octanol–water partition coefficient (Wildman–Crippen LogP) is 4.96. The van der Waals surface area contributed by atoms with Crippen molar-refractivity contribution in [1.82, 2.24) is 4.90 Å². The predicted molar refractivity (Wildman–Crippen MR) is 98.9 cm³/mol. The van der Waals surface area contributed by atoms with Gasteiger partial charge in [-0.05, 0) is 61.4 Å². The summed E-state index contributed by atoms with van der Waals surface area (Å²) in [6, 6.07) is 8.21. The first-order valence-electron chi connectivity index (χ1n) is 8.69. The summed E-state index contributed by atoms with van der Waals surface area (Å²) in [5.74, 6) is 1.07. The Morgan fingerprint density at radius 3 is 2.38 bits per heavy atom. The molecule has 24 heavy (non-hydrogen) atoms. The van der Waals surface area contributed by atoms with E-state index in [1.54, 1.807) is 0 Å². The van der Waals surface area contributed by atoms with Gasteiger partial charge < -0.3 is 9.64 Å². The Hall–Kier alpha value is -1.81. The fraction of sp³-hybridized carbons (Fsp3) is 0.450. The summed E-state index contributed by atoms with van der Waals surface area (Å²) in [4.78, 5) is 15.5. The largest absolute Gasteiger partial charge is 0.489 e. The van der Waals surface area contributed by atoms with Gasteiger partial charge in [0.25, 0.3) is 5.91 Å². The van der Waals surface area contributed by atoms with Crippen molar-refractivity contribution < 1.29 is 9.53 Å². The van der Waals surface area contributed by atoms with E-state index in [2.05, 4.69) is 19.9 Å². The minimum atomic E-state index is 0.180. The van der Waals surface area contributed by atoms with Crippen LogP contribution in [0.1, 0.15) is 52.0 Å². The number of hydrogen-bond donors (Lipinski definition) is 0. The molecule has 3 nitrogen and oxygen atoms in total. The topological polar surface area (TPSA) is 29.5 Å². The van der Waals surface area contributed by atoms with Gasteiger partial charge in [-0.1, -0.05) is 18.9 Å². The minimum absolute atomic E-state index is 0.180. The SMILES string of the molecule is Cc1cc(C)cc(OCc2csc(C(=O)N3CCCCCC3)c2)c1. The molecule has 0 N–H and O–H groups in total. The van der Waals surface area contributed by atoms with Crippen molar-refractivity contribution in [3.8, 4) is 5.75 Å². The van der Waals surface area contributed by atoms with Crippen LogP contribution in [0.4, 0.5) is 0 Å². The van der Waals surface area contributed by atoms with Gasteiger partial charge in [-0.3, -0.25) is 4.79 Å². The van der Waals surface area contributed by atoms with Crippen LogP contribution >= 0.6 is 11.3 Å². The average molecular weight is 343 g/mol. The molecule has 3 rings (SSSR count). The molecule has 1 amide bonds. The molecule has 1 fully saturated rings. The molecule has 0 atom stereocenters. The standard InChI is InChI=1S/C20H25NO2S/c1-15-9-16(2)11-18(10-15)23-13-17-12-19(24-14-17)20(22)21-7-5-3-4-6-8-21/h9-12,14H,3-8,13H2,1-2H3. The van der Waals surface area contributed by atoms with E-state index in [0.29, 0.717) is 6.61 Å². The summed E-state index contributed by atoms with van der Waals surface area (Å²) in [5.41, 5.74) is 3.47. The number of carbonyl (C=O) groups excluding carboxylic acids is 1. The fourth-order valence-electron chi connectivity index (χ4n) is 3.18. The molecule has 128 valence electrons. The highest BCUT2D eigenvalue weighted by Crippen LogP contribution is 2.22. The molecule has 0 radical (unpaired) electrons. The lowest BCUT2D eigenvalue weighted by molar-refractivity contribution is 0.0766. The molecule has 0 spiro atoms. The first-order chi connectivity index (χ1) is 11.6. The van der Waals surface area contributed by atoms with Crippen LogP contribution in [0.15, 0.2) is 29.6 Å². The van der Waals surface area contributed by atoms with Gasteiger partial charge in [0.15, 0.2) is 0 Å². The Balaban J connectivity index is 1.61. The molecular formula is C20H25NO2S. The van der Waals surface area contributed by atoms with Crippen molar-refractivity contribution in [2.75, 3.05) is 13.1 Å². The highest BCUT2D eigenvalue weighted by atomic mass is 32.1. The second kappa shape index (κ2) is 7.84. The molecule has 0 aliphatic carbocycles. The smallest absolute Gasteiger partial charge is 0.263 e. The molecule has 1 aliphatic rings. The normalized spacial score (nSPS) is 15.2. The van der Waals surface area contributed by atoms with E-state index < -0.39 is 0 Å². The van der Waals surface area contributed by atoms with Gasteiger partial charge in [-0.2, -0.15) is 0 Å². The van der Waals surface area contributed by atoms with Crippen LogP contribution in [0.5, 0.6) is 5.75 Å². The van der Waals surface area contributed by atoms with Gasteiger partial charge >= 0.3 is 0 Å². The fourth-order valence-corrected chi connectivity index (χ4v) is 4.04. The summed E-state index contributed by atoms with van der Waals surface area (Å²) >= 11 is 1.53. The third-order valence-electron chi connectivity index (χ3n) is 4.36. The van der Waals surface area contributed by atoms with Crippen LogP contribution in [-0.4, -0.2) is 23.9 Å². The van der Waals surface area contributed by atoms with Crippen molar-refractivity contribution in [1.29, 1.82) is 0 Å². The van der Waals surface area contributed by atoms with E-state index in [4.69, 9.17) is 4.74 Å². The van der Waals surface area contributed by atoms with E-state index in [0.717, 1.165) is 42.1 Å². The zero-order chi connectivity index (χ0) is 16.9. The van der Waals surface area contributed by atoms with E-state index in [1.807, 2.05) is 28.5 Å². The summed E-state index contributed by atoms with van der Waals surface area (Å²) in [6.07, 6.45) is 4.73. The lowest BCUT2D eigenvalue weighted by atomic mass is 10.1. The molecule has 1 aromatic heterocycles. The van der Waals surface area contributed by atoms with Crippen LogP contribution < -0.4 is 4.74 Å². The molecule has 2 heterocycles. The Kier molecular flexibility index (Phi) is 5.56. The molecule has 1 saturated heterocycles. The zero-order valence-electron chi connectivity index (χ0n) is 14.5. The summed E-state index contributed by atoms with van der Waals surface area (Å²) in [5, 5.41) is 2.04. The molecular weight excluding hydrogens is 318 g/mol. The van der Waals surface area contributed by atoms with Gasteiger partial charge in [-0.25, -0.2) is 0 Å². The monoisotopic (exact) mass is 343 g/mol. The lowest BCUT2D eigenvalue weighted by Crippen LogP contribution is -2.31. The first kappa shape index (κ1) is 17.0. The van der Waals surface area contributed by atoms with Crippen LogP contribution in [-0.2, 0) is 6.61 Å². The molecule has 0 unspecified atom stereocenters. The quantitative estimate of drug-likeness (QED) is 0.785. The van der Waals surface area contributed by atoms with Crippen molar-refractivity contribution in [2.45, 2.75) is 46.1 Å². The number of nitrogens with zero attached hydrogens (tertiary/aromatic N) is 1. The molecule has 1 aromatic carbocycles. The Morgan fingerprint density at radius 1 is 1.04 bits per heavy atom. The molecule has 0 saturated carbocycles.